The molecule has 20 heavy (non-hydrogen) atoms. The Kier molecular flexibility index (Phi) is 6.01. The lowest BCUT2D eigenvalue weighted by Crippen LogP contribution is -2.46. The maximum absolute atomic E-state index is 11.3. The summed E-state index contributed by atoms with van der Waals surface area (Å²) < 4.78 is 25.1. The molecule has 0 amide bonds. The van der Waals surface area contributed by atoms with E-state index in [0.29, 0.717) is 12.5 Å². The van der Waals surface area contributed by atoms with Gasteiger partial charge in [-0.2, -0.15) is 0 Å². The van der Waals surface area contributed by atoms with Crippen molar-refractivity contribution < 1.29 is 8.42 Å². The standard InChI is InChI=1S/C12H17N3O2S.C2H6/c1-10-4-6-11(7-5-10)15-9-3-8-13-12(15)14-18(2,16)17;1-2/h4-7H,3,8-9H2,1-2H3,(H,13,14);1-2H3. The minimum atomic E-state index is -3.30. The number of anilines is 1. The van der Waals surface area contributed by atoms with Crippen molar-refractivity contribution in [2.45, 2.75) is 27.2 Å². The van der Waals surface area contributed by atoms with Crippen molar-refractivity contribution in [2.75, 3.05) is 24.2 Å². The number of aliphatic imine (C=N–C) groups is 1. The minimum absolute atomic E-state index is 0.410. The van der Waals surface area contributed by atoms with Gasteiger partial charge in [-0.1, -0.05) is 31.5 Å². The van der Waals surface area contributed by atoms with Gasteiger partial charge in [-0.05, 0) is 25.5 Å². The fourth-order valence-corrected chi connectivity index (χ4v) is 2.34. The molecule has 2 rings (SSSR count). The summed E-state index contributed by atoms with van der Waals surface area (Å²) in [6.07, 6.45) is 2.06. The summed E-state index contributed by atoms with van der Waals surface area (Å²) in [5.41, 5.74) is 2.13. The summed E-state index contributed by atoms with van der Waals surface area (Å²) in [5.74, 6) is 0.410. The van der Waals surface area contributed by atoms with E-state index >= 15 is 0 Å². The Hall–Kier alpha value is -1.56. The second kappa shape index (κ2) is 7.28. The Bertz CT molecular complexity index is 550. The number of sulfonamides is 1. The Morgan fingerprint density at radius 2 is 1.80 bits per heavy atom. The third kappa shape index (κ3) is 4.85. The quantitative estimate of drug-likeness (QED) is 0.909. The molecule has 1 aliphatic rings. The molecule has 0 bridgehead atoms. The van der Waals surface area contributed by atoms with Gasteiger partial charge in [0.25, 0.3) is 0 Å². The highest BCUT2D eigenvalue weighted by atomic mass is 32.2. The van der Waals surface area contributed by atoms with Crippen LogP contribution in [0.4, 0.5) is 5.69 Å². The summed E-state index contributed by atoms with van der Waals surface area (Å²) >= 11 is 0. The van der Waals surface area contributed by atoms with Crippen LogP contribution in [0.2, 0.25) is 0 Å². The maximum atomic E-state index is 11.3. The number of benzene rings is 1. The zero-order chi connectivity index (χ0) is 15.2. The fourth-order valence-electron chi connectivity index (χ4n) is 1.83. The highest BCUT2D eigenvalue weighted by molar-refractivity contribution is 7.89. The molecule has 1 N–H and O–H groups in total. The average molecular weight is 297 g/mol. The summed E-state index contributed by atoms with van der Waals surface area (Å²) in [7, 11) is -3.30. The summed E-state index contributed by atoms with van der Waals surface area (Å²) in [6, 6.07) is 7.95. The Morgan fingerprint density at radius 1 is 1.20 bits per heavy atom. The van der Waals surface area contributed by atoms with Gasteiger partial charge in [-0.3, -0.25) is 9.71 Å². The fraction of sp³-hybridized carbons (Fsp3) is 0.500. The summed E-state index contributed by atoms with van der Waals surface area (Å²) in [4.78, 5) is 6.14. The molecule has 0 saturated heterocycles. The zero-order valence-electron chi connectivity index (χ0n) is 12.5. The van der Waals surface area contributed by atoms with Gasteiger partial charge in [-0.15, -0.1) is 0 Å². The average Bonchev–Trinajstić information content (AvgIpc) is 2.41. The number of nitrogens with one attached hydrogen (secondary N) is 1. The lowest BCUT2D eigenvalue weighted by atomic mass is 10.2. The number of aryl methyl sites for hydroxylation is 1. The van der Waals surface area contributed by atoms with Crippen molar-refractivity contribution in [1.82, 2.24) is 4.72 Å². The second-order valence-electron chi connectivity index (χ2n) is 4.42. The molecule has 0 unspecified atom stereocenters. The van der Waals surface area contributed by atoms with Gasteiger partial charge in [0.05, 0.1) is 6.26 Å². The number of guanidine groups is 1. The van der Waals surface area contributed by atoms with Crippen LogP contribution in [0.3, 0.4) is 0 Å². The van der Waals surface area contributed by atoms with E-state index in [1.165, 1.54) is 5.56 Å². The normalized spacial score (nSPS) is 15.0. The Morgan fingerprint density at radius 3 is 2.35 bits per heavy atom. The highest BCUT2D eigenvalue weighted by Gasteiger charge is 2.19. The molecule has 112 valence electrons. The largest absolute Gasteiger partial charge is 0.312 e. The lowest BCUT2D eigenvalue weighted by Gasteiger charge is -2.29. The molecular formula is C14H23N3O2S. The highest BCUT2D eigenvalue weighted by Crippen LogP contribution is 2.17. The maximum Gasteiger partial charge on any atom is 0.232 e. The molecule has 1 aliphatic heterocycles. The molecule has 0 radical (unpaired) electrons. The van der Waals surface area contributed by atoms with Crippen molar-refractivity contribution in [2.24, 2.45) is 4.99 Å². The molecule has 1 aromatic carbocycles. The number of hydrogen-bond donors (Lipinski definition) is 1. The van der Waals surface area contributed by atoms with Crippen LogP contribution in [0, 0.1) is 6.92 Å². The van der Waals surface area contributed by atoms with Crippen LogP contribution in [0.5, 0.6) is 0 Å². The lowest BCUT2D eigenvalue weighted by molar-refractivity contribution is 0.597. The summed E-state index contributed by atoms with van der Waals surface area (Å²) in [5, 5.41) is 0. The van der Waals surface area contributed by atoms with Crippen LogP contribution in [0.1, 0.15) is 25.8 Å². The van der Waals surface area contributed by atoms with Gasteiger partial charge in [0, 0.05) is 18.8 Å². The SMILES string of the molecule is CC.Cc1ccc(N2CCCN=C2NS(C)(=O)=O)cc1. The van der Waals surface area contributed by atoms with Crippen molar-refractivity contribution in [3.05, 3.63) is 29.8 Å². The topological polar surface area (TPSA) is 61.8 Å². The Balaban J connectivity index is 0.000000956. The van der Waals surface area contributed by atoms with Crippen LogP contribution < -0.4 is 9.62 Å². The Labute approximate surface area is 121 Å². The van der Waals surface area contributed by atoms with Crippen LogP contribution in [-0.4, -0.2) is 33.7 Å². The van der Waals surface area contributed by atoms with E-state index in [1.807, 2.05) is 49.9 Å². The second-order valence-corrected chi connectivity index (χ2v) is 6.17. The number of hydrogen-bond acceptors (Lipinski definition) is 4. The van der Waals surface area contributed by atoms with Gasteiger partial charge in [0.2, 0.25) is 16.0 Å². The molecule has 0 saturated carbocycles. The van der Waals surface area contributed by atoms with Gasteiger partial charge in [0.1, 0.15) is 0 Å². The van der Waals surface area contributed by atoms with E-state index in [-0.39, 0.29) is 0 Å². The molecule has 6 heteroatoms. The zero-order valence-corrected chi connectivity index (χ0v) is 13.4. The molecule has 0 atom stereocenters. The van der Waals surface area contributed by atoms with E-state index in [1.54, 1.807) is 0 Å². The van der Waals surface area contributed by atoms with Crippen molar-refractivity contribution >= 4 is 21.7 Å². The van der Waals surface area contributed by atoms with Gasteiger partial charge < -0.3 is 4.90 Å². The van der Waals surface area contributed by atoms with E-state index in [9.17, 15) is 8.42 Å². The third-order valence-corrected chi connectivity index (χ3v) is 3.23. The first-order valence-electron chi connectivity index (χ1n) is 6.82. The first-order chi connectivity index (χ1) is 9.46. The van der Waals surface area contributed by atoms with Crippen LogP contribution in [0.25, 0.3) is 0 Å². The number of nitrogens with zero attached hydrogens (tertiary/aromatic N) is 2. The van der Waals surface area contributed by atoms with Crippen molar-refractivity contribution in [3.63, 3.8) is 0 Å². The van der Waals surface area contributed by atoms with Gasteiger partial charge in [-0.25, -0.2) is 8.42 Å². The molecule has 1 aromatic rings. The predicted octanol–water partition coefficient (Wildman–Crippen LogP) is 2.14. The molecule has 1 heterocycles. The molecular weight excluding hydrogens is 274 g/mol. The van der Waals surface area contributed by atoms with Gasteiger partial charge in [0.15, 0.2) is 0 Å². The predicted molar refractivity (Wildman–Crippen MR) is 84.8 cm³/mol. The van der Waals surface area contributed by atoms with Crippen LogP contribution >= 0.6 is 0 Å². The van der Waals surface area contributed by atoms with E-state index in [0.717, 1.165) is 24.9 Å². The van der Waals surface area contributed by atoms with Gasteiger partial charge >= 0.3 is 0 Å². The minimum Gasteiger partial charge on any atom is -0.312 e. The molecule has 0 aromatic heterocycles. The first kappa shape index (κ1) is 16.5. The van der Waals surface area contributed by atoms with E-state index in [2.05, 4.69) is 9.71 Å². The van der Waals surface area contributed by atoms with Crippen molar-refractivity contribution in [3.8, 4) is 0 Å². The first-order valence-corrected chi connectivity index (χ1v) is 8.71. The molecule has 0 fully saturated rings. The van der Waals surface area contributed by atoms with Crippen LogP contribution in [0.15, 0.2) is 29.3 Å². The van der Waals surface area contributed by atoms with Crippen LogP contribution in [-0.2, 0) is 10.0 Å². The summed E-state index contributed by atoms with van der Waals surface area (Å²) in [6.45, 7) is 7.44. The van der Waals surface area contributed by atoms with Crippen molar-refractivity contribution in [1.29, 1.82) is 0 Å². The number of rotatable bonds is 2. The molecule has 5 nitrogen and oxygen atoms in total. The van der Waals surface area contributed by atoms with E-state index < -0.39 is 10.0 Å². The smallest absolute Gasteiger partial charge is 0.232 e. The van der Waals surface area contributed by atoms with E-state index in [4.69, 9.17) is 0 Å². The third-order valence-electron chi connectivity index (χ3n) is 2.68. The molecule has 0 spiro atoms. The monoisotopic (exact) mass is 297 g/mol. The molecule has 0 aliphatic carbocycles.